The maximum Gasteiger partial charge on any atom is 0.257 e. The van der Waals surface area contributed by atoms with Crippen LogP contribution in [0.15, 0.2) is 29.3 Å². The van der Waals surface area contributed by atoms with Crippen molar-refractivity contribution in [3.8, 4) is 0 Å². The van der Waals surface area contributed by atoms with Gasteiger partial charge in [-0.15, -0.1) is 0 Å². The molecule has 3 N–H and O–H groups in total. The van der Waals surface area contributed by atoms with E-state index < -0.39 is 19.1 Å². The molecule has 130 valence electrons. The second-order valence-corrected chi connectivity index (χ2v) is 6.38. The standard InChI is InChI=1S/C17H27F2N3O/c1-5-20-16(22-11-15(18)19)21-10-14(23)12-6-8-13(9-7-12)17(2,3)4/h6-9,14-15,23H,5,10-11H2,1-4H3,(H2,20,21,22). The van der Waals surface area contributed by atoms with E-state index in [0.29, 0.717) is 6.54 Å². The van der Waals surface area contributed by atoms with E-state index in [0.717, 1.165) is 5.56 Å². The summed E-state index contributed by atoms with van der Waals surface area (Å²) in [5.74, 6) is 0.276. The average Bonchev–Trinajstić information content (AvgIpc) is 2.49. The maximum absolute atomic E-state index is 12.2. The smallest absolute Gasteiger partial charge is 0.257 e. The van der Waals surface area contributed by atoms with E-state index in [1.165, 1.54) is 5.56 Å². The number of nitrogens with one attached hydrogen (secondary N) is 2. The zero-order valence-corrected chi connectivity index (χ0v) is 14.2. The fourth-order valence-corrected chi connectivity index (χ4v) is 2.02. The fraction of sp³-hybridized carbons (Fsp3) is 0.588. The summed E-state index contributed by atoms with van der Waals surface area (Å²) < 4.78 is 24.4. The van der Waals surface area contributed by atoms with Crippen molar-refractivity contribution in [2.24, 2.45) is 4.99 Å². The Labute approximate surface area is 137 Å². The first-order valence-corrected chi connectivity index (χ1v) is 7.83. The summed E-state index contributed by atoms with van der Waals surface area (Å²) in [5, 5.41) is 16.0. The van der Waals surface area contributed by atoms with Gasteiger partial charge in [-0.25, -0.2) is 13.8 Å². The van der Waals surface area contributed by atoms with Crippen molar-refractivity contribution in [2.45, 2.75) is 45.6 Å². The molecule has 23 heavy (non-hydrogen) atoms. The number of benzene rings is 1. The van der Waals surface area contributed by atoms with Crippen LogP contribution >= 0.6 is 0 Å². The zero-order chi connectivity index (χ0) is 17.5. The molecule has 0 aliphatic rings. The Morgan fingerprint density at radius 3 is 2.26 bits per heavy atom. The summed E-state index contributed by atoms with van der Waals surface area (Å²) in [6.07, 6.45) is -3.22. The first-order valence-electron chi connectivity index (χ1n) is 7.83. The molecule has 0 aromatic heterocycles. The van der Waals surface area contributed by atoms with Gasteiger partial charge in [-0.2, -0.15) is 0 Å². The number of halogens is 2. The van der Waals surface area contributed by atoms with Crippen molar-refractivity contribution in [2.75, 3.05) is 19.6 Å². The Hall–Kier alpha value is -1.69. The third kappa shape index (κ3) is 6.95. The van der Waals surface area contributed by atoms with Gasteiger partial charge in [0.05, 0.1) is 6.10 Å². The van der Waals surface area contributed by atoms with E-state index >= 15 is 0 Å². The number of aliphatic hydroxyl groups is 1. The zero-order valence-electron chi connectivity index (χ0n) is 14.2. The van der Waals surface area contributed by atoms with Gasteiger partial charge in [0.15, 0.2) is 5.96 Å². The molecule has 0 radical (unpaired) electrons. The third-order valence-electron chi connectivity index (χ3n) is 3.36. The predicted molar refractivity (Wildman–Crippen MR) is 90.1 cm³/mol. The predicted octanol–water partition coefficient (Wildman–Crippen LogP) is 2.84. The van der Waals surface area contributed by atoms with Gasteiger partial charge >= 0.3 is 0 Å². The highest BCUT2D eigenvalue weighted by atomic mass is 19.3. The summed E-state index contributed by atoms with van der Waals surface area (Å²) in [6.45, 7) is 8.43. The average molecular weight is 327 g/mol. The van der Waals surface area contributed by atoms with Gasteiger partial charge in [0.25, 0.3) is 6.43 Å². The molecular formula is C17H27F2N3O. The maximum atomic E-state index is 12.2. The van der Waals surface area contributed by atoms with Crippen LogP contribution in [0.25, 0.3) is 0 Å². The van der Waals surface area contributed by atoms with Crippen molar-refractivity contribution < 1.29 is 13.9 Å². The van der Waals surface area contributed by atoms with Crippen LogP contribution in [-0.2, 0) is 5.41 Å². The summed E-state index contributed by atoms with van der Waals surface area (Å²) in [4.78, 5) is 3.76. The summed E-state index contributed by atoms with van der Waals surface area (Å²) in [6, 6.07) is 7.76. The Balaban J connectivity index is 2.63. The van der Waals surface area contributed by atoms with Crippen molar-refractivity contribution >= 4 is 5.96 Å². The van der Waals surface area contributed by atoms with Crippen LogP contribution in [0, 0.1) is 0 Å². The molecule has 1 aromatic rings. The van der Waals surface area contributed by atoms with Crippen molar-refractivity contribution in [3.05, 3.63) is 35.4 Å². The van der Waals surface area contributed by atoms with Crippen LogP contribution in [0.3, 0.4) is 0 Å². The molecule has 0 saturated carbocycles. The van der Waals surface area contributed by atoms with E-state index in [1.54, 1.807) is 0 Å². The normalized spacial score (nSPS) is 14.0. The number of aliphatic hydroxyl groups excluding tert-OH is 1. The van der Waals surface area contributed by atoms with Crippen LogP contribution in [0.1, 0.15) is 44.9 Å². The number of hydrogen-bond donors (Lipinski definition) is 3. The Morgan fingerprint density at radius 1 is 1.17 bits per heavy atom. The molecule has 0 spiro atoms. The van der Waals surface area contributed by atoms with Crippen LogP contribution in [-0.4, -0.2) is 37.1 Å². The molecule has 6 heteroatoms. The molecule has 4 nitrogen and oxygen atoms in total. The largest absolute Gasteiger partial charge is 0.387 e. The van der Waals surface area contributed by atoms with Crippen LogP contribution in [0.5, 0.6) is 0 Å². The number of nitrogens with zero attached hydrogens (tertiary/aromatic N) is 1. The van der Waals surface area contributed by atoms with Gasteiger partial charge < -0.3 is 15.7 Å². The lowest BCUT2D eigenvalue weighted by Gasteiger charge is -2.20. The number of guanidine groups is 1. The molecule has 0 saturated heterocycles. The minimum atomic E-state index is -2.49. The number of rotatable bonds is 6. The summed E-state index contributed by atoms with van der Waals surface area (Å²) in [7, 11) is 0. The van der Waals surface area contributed by atoms with E-state index in [9.17, 15) is 13.9 Å². The Bertz CT molecular complexity index is 496. The van der Waals surface area contributed by atoms with E-state index in [-0.39, 0.29) is 17.9 Å². The Kier molecular flexibility index (Phi) is 7.42. The van der Waals surface area contributed by atoms with Crippen LogP contribution in [0.4, 0.5) is 8.78 Å². The molecular weight excluding hydrogens is 300 g/mol. The van der Waals surface area contributed by atoms with Crippen LogP contribution < -0.4 is 10.6 Å². The quantitative estimate of drug-likeness (QED) is 0.556. The minimum Gasteiger partial charge on any atom is -0.387 e. The summed E-state index contributed by atoms with van der Waals surface area (Å²) in [5.41, 5.74) is 2.02. The molecule has 1 rings (SSSR count). The third-order valence-corrected chi connectivity index (χ3v) is 3.36. The molecule has 0 fully saturated rings. The van der Waals surface area contributed by atoms with E-state index in [4.69, 9.17) is 0 Å². The fourth-order valence-electron chi connectivity index (χ4n) is 2.02. The topological polar surface area (TPSA) is 56.7 Å². The minimum absolute atomic E-state index is 0.0574. The highest BCUT2D eigenvalue weighted by Gasteiger charge is 2.15. The molecule has 0 bridgehead atoms. The Morgan fingerprint density at radius 2 is 1.78 bits per heavy atom. The number of alkyl halides is 2. The van der Waals surface area contributed by atoms with E-state index in [1.807, 2.05) is 31.2 Å². The van der Waals surface area contributed by atoms with Gasteiger partial charge in [0, 0.05) is 13.1 Å². The molecule has 1 unspecified atom stereocenters. The monoisotopic (exact) mass is 327 g/mol. The molecule has 1 atom stereocenters. The highest BCUT2D eigenvalue weighted by molar-refractivity contribution is 5.79. The lowest BCUT2D eigenvalue weighted by atomic mass is 9.86. The SMILES string of the molecule is CCNC(=NCC(F)F)NCC(O)c1ccc(C(C)(C)C)cc1. The molecule has 1 aromatic carbocycles. The second kappa shape index (κ2) is 8.82. The van der Waals surface area contributed by atoms with Gasteiger partial charge in [0.1, 0.15) is 6.54 Å². The summed E-state index contributed by atoms with van der Waals surface area (Å²) >= 11 is 0. The second-order valence-electron chi connectivity index (χ2n) is 6.38. The molecule has 0 aliphatic carbocycles. The lowest BCUT2D eigenvalue weighted by molar-refractivity contribution is 0.158. The molecule has 0 aliphatic heterocycles. The van der Waals surface area contributed by atoms with Crippen molar-refractivity contribution in [3.63, 3.8) is 0 Å². The number of hydrogen-bond acceptors (Lipinski definition) is 2. The van der Waals surface area contributed by atoms with Gasteiger partial charge in [0.2, 0.25) is 0 Å². The van der Waals surface area contributed by atoms with Gasteiger partial charge in [-0.05, 0) is 23.5 Å². The van der Waals surface area contributed by atoms with Crippen LogP contribution in [0.2, 0.25) is 0 Å². The highest BCUT2D eigenvalue weighted by Crippen LogP contribution is 2.23. The van der Waals surface area contributed by atoms with Crippen molar-refractivity contribution in [1.29, 1.82) is 0 Å². The van der Waals surface area contributed by atoms with Gasteiger partial charge in [-0.3, -0.25) is 0 Å². The molecule has 0 amide bonds. The number of aliphatic imine (C=N–C) groups is 1. The lowest BCUT2D eigenvalue weighted by Crippen LogP contribution is -2.39. The van der Waals surface area contributed by atoms with Gasteiger partial charge in [-0.1, -0.05) is 45.0 Å². The van der Waals surface area contributed by atoms with E-state index in [2.05, 4.69) is 36.4 Å². The molecule has 0 heterocycles. The first-order chi connectivity index (χ1) is 10.7. The first kappa shape index (κ1) is 19.4. The van der Waals surface area contributed by atoms with Crippen molar-refractivity contribution in [1.82, 2.24) is 10.6 Å².